The first-order chi connectivity index (χ1) is 4.99. The summed E-state index contributed by atoms with van der Waals surface area (Å²) in [4.78, 5) is 0. The third-order valence-corrected chi connectivity index (χ3v) is 1.97. The molecule has 6 heteroatoms. The predicted octanol–water partition coefficient (Wildman–Crippen LogP) is -1.31. The van der Waals surface area contributed by atoms with Crippen molar-refractivity contribution >= 4 is 10.1 Å². The van der Waals surface area contributed by atoms with E-state index in [0.29, 0.717) is 6.61 Å². The lowest BCUT2D eigenvalue weighted by Gasteiger charge is -2.11. The molecule has 0 radical (unpaired) electrons. The van der Waals surface area contributed by atoms with Crippen molar-refractivity contribution in [3.05, 3.63) is 0 Å². The van der Waals surface area contributed by atoms with Crippen molar-refractivity contribution in [3.8, 4) is 0 Å². The van der Waals surface area contributed by atoms with Crippen LogP contribution in [0.1, 0.15) is 0 Å². The molecule has 1 saturated heterocycles. The normalized spacial score (nSPS) is 32.5. The van der Waals surface area contributed by atoms with Crippen LogP contribution in [0.2, 0.25) is 0 Å². The summed E-state index contributed by atoms with van der Waals surface area (Å²) in [6.45, 7) is 0.619. The molecule has 66 valence electrons. The molecular weight excluding hydrogens is 170 g/mol. The maximum Gasteiger partial charge on any atom is 0.264 e. The summed E-state index contributed by atoms with van der Waals surface area (Å²) in [6.07, 6.45) is 0.489. The lowest BCUT2D eigenvalue weighted by Crippen LogP contribution is -2.36. The van der Waals surface area contributed by atoms with Gasteiger partial charge in [-0.2, -0.15) is 8.42 Å². The summed E-state index contributed by atoms with van der Waals surface area (Å²) in [5.74, 6) is 0. The molecule has 0 aromatic rings. The van der Waals surface area contributed by atoms with Crippen LogP contribution < -0.4 is 5.73 Å². The van der Waals surface area contributed by atoms with Gasteiger partial charge in [0.2, 0.25) is 0 Å². The second kappa shape index (κ2) is 3.06. The van der Waals surface area contributed by atoms with Crippen molar-refractivity contribution < 1.29 is 17.3 Å². The largest absolute Gasteiger partial charge is 0.377 e. The average molecular weight is 181 g/mol. The van der Waals surface area contributed by atoms with Crippen molar-refractivity contribution in [1.29, 1.82) is 0 Å². The third kappa shape index (κ3) is 2.74. The first kappa shape index (κ1) is 8.92. The molecule has 0 saturated carbocycles. The molecule has 1 aliphatic heterocycles. The summed E-state index contributed by atoms with van der Waals surface area (Å²) in [7, 11) is -3.40. The van der Waals surface area contributed by atoms with Crippen LogP contribution in [0.5, 0.6) is 0 Å². The van der Waals surface area contributed by atoms with E-state index in [1.165, 1.54) is 0 Å². The maximum absolute atomic E-state index is 10.6. The van der Waals surface area contributed by atoms with E-state index in [-0.39, 0.29) is 12.6 Å². The van der Waals surface area contributed by atoms with Crippen LogP contribution >= 0.6 is 0 Å². The summed E-state index contributed by atoms with van der Waals surface area (Å²) < 4.78 is 30.7. The minimum Gasteiger partial charge on any atom is -0.377 e. The van der Waals surface area contributed by atoms with Crippen LogP contribution in [0.3, 0.4) is 0 Å². The molecule has 0 aliphatic carbocycles. The van der Waals surface area contributed by atoms with Gasteiger partial charge in [0.05, 0.1) is 25.5 Å². The summed E-state index contributed by atoms with van der Waals surface area (Å²) in [5, 5.41) is 0. The Hall–Kier alpha value is -0.170. The molecular formula is C5H11NO4S. The number of rotatable bonds is 2. The van der Waals surface area contributed by atoms with Gasteiger partial charge in [0, 0.05) is 0 Å². The molecule has 0 spiro atoms. The van der Waals surface area contributed by atoms with E-state index >= 15 is 0 Å². The van der Waals surface area contributed by atoms with Crippen LogP contribution in [0.25, 0.3) is 0 Å². The molecule has 1 fully saturated rings. The summed E-state index contributed by atoms with van der Waals surface area (Å²) >= 11 is 0. The topological polar surface area (TPSA) is 78.6 Å². The average Bonchev–Trinajstić information content (AvgIpc) is 2.12. The minimum atomic E-state index is -3.40. The van der Waals surface area contributed by atoms with Gasteiger partial charge in [-0.15, -0.1) is 0 Å². The predicted molar refractivity (Wildman–Crippen MR) is 38.5 cm³/mol. The molecule has 2 atom stereocenters. The van der Waals surface area contributed by atoms with Crippen LogP contribution in [0.15, 0.2) is 0 Å². The molecule has 0 aromatic carbocycles. The fraction of sp³-hybridized carbons (Fsp3) is 1.00. The molecule has 2 unspecified atom stereocenters. The Morgan fingerprint density at radius 1 is 1.55 bits per heavy atom. The fourth-order valence-electron chi connectivity index (χ4n) is 0.875. The van der Waals surface area contributed by atoms with Gasteiger partial charge in [-0.25, -0.2) is 0 Å². The van der Waals surface area contributed by atoms with Crippen molar-refractivity contribution in [2.75, 3.05) is 19.5 Å². The van der Waals surface area contributed by atoms with Gasteiger partial charge in [0.1, 0.15) is 6.10 Å². The first-order valence-corrected chi connectivity index (χ1v) is 5.02. The number of hydrogen-bond acceptors (Lipinski definition) is 5. The zero-order valence-electron chi connectivity index (χ0n) is 6.19. The SMILES string of the molecule is CS(=O)(=O)OC1COCC1N. The molecule has 2 N–H and O–H groups in total. The van der Waals surface area contributed by atoms with Crippen molar-refractivity contribution in [2.45, 2.75) is 12.1 Å². The fourth-order valence-corrected chi connectivity index (χ4v) is 1.52. The van der Waals surface area contributed by atoms with Gasteiger partial charge >= 0.3 is 0 Å². The van der Waals surface area contributed by atoms with Gasteiger partial charge in [0.25, 0.3) is 10.1 Å². The zero-order valence-corrected chi connectivity index (χ0v) is 7.00. The van der Waals surface area contributed by atoms with Gasteiger partial charge in [-0.3, -0.25) is 4.18 Å². The second-order valence-corrected chi connectivity index (χ2v) is 4.14. The van der Waals surface area contributed by atoms with Gasteiger partial charge in [0.15, 0.2) is 0 Å². The second-order valence-electron chi connectivity index (χ2n) is 2.54. The van der Waals surface area contributed by atoms with Crippen LogP contribution in [0.4, 0.5) is 0 Å². The van der Waals surface area contributed by atoms with E-state index in [9.17, 15) is 8.42 Å². The van der Waals surface area contributed by atoms with E-state index in [1.54, 1.807) is 0 Å². The highest BCUT2D eigenvalue weighted by Crippen LogP contribution is 2.09. The highest BCUT2D eigenvalue weighted by molar-refractivity contribution is 7.86. The molecule has 11 heavy (non-hydrogen) atoms. The Labute approximate surface area is 65.6 Å². The van der Waals surface area contributed by atoms with Gasteiger partial charge in [-0.05, 0) is 0 Å². The molecule has 1 rings (SSSR count). The maximum atomic E-state index is 10.6. The third-order valence-electron chi connectivity index (χ3n) is 1.37. The Kier molecular flexibility index (Phi) is 2.48. The summed E-state index contributed by atoms with van der Waals surface area (Å²) in [5.41, 5.74) is 5.47. The molecule has 0 bridgehead atoms. The van der Waals surface area contributed by atoms with Crippen LogP contribution in [-0.4, -0.2) is 40.0 Å². The molecule has 0 aromatic heterocycles. The Balaban J connectivity index is 2.50. The summed E-state index contributed by atoms with van der Waals surface area (Å²) in [6, 6.07) is -0.329. The van der Waals surface area contributed by atoms with Crippen molar-refractivity contribution in [1.82, 2.24) is 0 Å². The van der Waals surface area contributed by atoms with E-state index in [4.69, 9.17) is 10.5 Å². The molecule has 5 nitrogen and oxygen atoms in total. The van der Waals surface area contributed by atoms with Crippen molar-refractivity contribution in [2.24, 2.45) is 5.73 Å². The lowest BCUT2D eigenvalue weighted by atomic mass is 10.2. The quantitative estimate of drug-likeness (QED) is 0.535. The Morgan fingerprint density at radius 3 is 2.55 bits per heavy atom. The van der Waals surface area contributed by atoms with Crippen molar-refractivity contribution in [3.63, 3.8) is 0 Å². The monoisotopic (exact) mass is 181 g/mol. The first-order valence-electron chi connectivity index (χ1n) is 3.20. The minimum absolute atomic E-state index is 0.258. The smallest absolute Gasteiger partial charge is 0.264 e. The van der Waals surface area contributed by atoms with Gasteiger partial charge in [-0.1, -0.05) is 0 Å². The number of ether oxygens (including phenoxy) is 1. The Morgan fingerprint density at radius 2 is 2.18 bits per heavy atom. The van der Waals surface area contributed by atoms with E-state index in [1.807, 2.05) is 0 Å². The van der Waals surface area contributed by atoms with Gasteiger partial charge < -0.3 is 10.5 Å². The number of nitrogens with two attached hydrogens (primary N) is 1. The van der Waals surface area contributed by atoms with E-state index < -0.39 is 16.2 Å². The standard InChI is InChI=1S/C5H11NO4S/c1-11(7,8)10-5-3-9-2-4(5)6/h4-5H,2-3,6H2,1H3. The molecule has 0 amide bonds. The van der Waals surface area contributed by atoms with E-state index in [2.05, 4.69) is 4.18 Å². The molecule has 1 heterocycles. The highest BCUT2D eigenvalue weighted by atomic mass is 32.2. The lowest BCUT2D eigenvalue weighted by molar-refractivity contribution is 0.145. The molecule has 1 aliphatic rings. The highest BCUT2D eigenvalue weighted by Gasteiger charge is 2.28. The van der Waals surface area contributed by atoms with Crippen LogP contribution in [-0.2, 0) is 19.0 Å². The number of hydrogen-bond donors (Lipinski definition) is 1. The van der Waals surface area contributed by atoms with E-state index in [0.717, 1.165) is 6.26 Å². The zero-order chi connectivity index (χ0) is 8.48. The Bertz CT molecular complexity index is 225. The van der Waals surface area contributed by atoms with Crippen LogP contribution in [0, 0.1) is 0 Å².